The van der Waals surface area contributed by atoms with Gasteiger partial charge in [-0.25, -0.2) is 0 Å². The highest BCUT2D eigenvalue weighted by atomic mass is 15.2. The number of benzene rings is 1. The molecule has 1 aromatic carbocycles. The minimum Gasteiger partial charge on any atom is -0.361 e. The van der Waals surface area contributed by atoms with E-state index in [0.717, 1.165) is 77.5 Å². The Morgan fingerprint density at radius 3 is 2.85 bits per heavy atom. The van der Waals surface area contributed by atoms with E-state index in [-0.39, 0.29) is 0 Å². The van der Waals surface area contributed by atoms with E-state index >= 15 is 0 Å². The van der Waals surface area contributed by atoms with Gasteiger partial charge in [0.2, 0.25) is 0 Å². The van der Waals surface area contributed by atoms with Crippen LogP contribution in [0.15, 0.2) is 55.0 Å². The molecule has 3 aromatic heterocycles. The first-order valence-electron chi connectivity index (χ1n) is 11.5. The van der Waals surface area contributed by atoms with Crippen molar-refractivity contribution in [3.05, 3.63) is 83.1 Å². The van der Waals surface area contributed by atoms with Crippen LogP contribution in [0.1, 0.15) is 28.1 Å². The first-order valence-corrected chi connectivity index (χ1v) is 11.5. The monoisotopic (exact) mass is 449 g/mol. The molecule has 1 saturated heterocycles. The molecule has 4 aromatic rings. The van der Waals surface area contributed by atoms with Crippen molar-refractivity contribution >= 4 is 34.4 Å². The first-order chi connectivity index (χ1) is 16.7. The third kappa shape index (κ3) is 4.69. The number of hydrogen-bond donors (Lipinski definition) is 3. The van der Waals surface area contributed by atoms with Crippen molar-refractivity contribution in [1.82, 2.24) is 25.2 Å². The molecule has 3 N–H and O–H groups in total. The van der Waals surface area contributed by atoms with Crippen molar-refractivity contribution in [2.45, 2.75) is 13.5 Å². The van der Waals surface area contributed by atoms with Crippen LogP contribution in [0, 0.1) is 18.3 Å². The number of aromatic nitrogens is 3. The van der Waals surface area contributed by atoms with E-state index in [4.69, 9.17) is 4.98 Å². The topological polar surface area (TPSA) is 92.7 Å². The number of H-pyrrole nitrogens is 1. The number of pyridine rings is 2. The predicted octanol–water partition coefficient (Wildman–Crippen LogP) is 4.46. The Morgan fingerprint density at radius 2 is 2.00 bits per heavy atom. The third-order valence-corrected chi connectivity index (χ3v) is 6.22. The molecule has 0 bridgehead atoms. The van der Waals surface area contributed by atoms with Gasteiger partial charge in [0.15, 0.2) is 0 Å². The molecule has 0 amide bonds. The largest absolute Gasteiger partial charge is 0.361 e. The summed E-state index contributed by atoms with van der Waals surface area (Å²) >= 11 is 0. The van der Waals surface area contributed by atoms with E-state index in [1.807, 2.05) is 42.6 Å². The van der Waals surface area contributed by atoms with Gasteiger partial charge in [-0.3, -0.25) is 14.9 Å². The molecule has 0 aliphatic carbocycles. The van der Waals surface area contributed by atoms with E-state index in [1.54, 1.807) is 12.4 Å². The van der Waals surface area contributed by atoms with E-state index < -0.39 is 0 Å². The SMILES string of the molecule is Cc1c(Nc2c(C#N)cncc2C=Cc2cccc(CN3CCNCC3)n2)ccc2[nH]ccc12. The summed E-state index contributed by atoms with van der Waals surface area (Å²) in [6.07, 6.45) is 9.25. The Morgan fingerprint density at radius 1 is 1.12 bits per heavy atom. The Hall–Kier alpha value is -3.99. The quantitative estimate of drug-likeness (QED) is 0.403. The van der Waals surface area contributed by atoms with Crippen molar-refractivity contribution in [3.8, 4) is 6.07 Å². The fourth-order valence-electron chi connectivity index (χ4n) is 4.33. The molecular formula is C27H27N7. The summed E-state index contributed by atoms with van der Waals surface area (Å²) in [6, 6.07) is 14.5. The fourth-order valence-corrected chi connectivity index (χ4v) is 4.33. The van der Waals surface area contributed by atoms with E-state index in [9.17, 15) is 5.26 Å². The van der Waals surface area contributed by atoms with Gasteiger partial charge < -0.3 is 15.6 Å². The lowest BCUT2D eigenvalue weighted by molar-refractivity contribution is 0.230. The van der Waals surface area contributed by atoms with Crippen LogP contribution in [0.5, 0.6) is 0 Å². The maximum absolute atomic E-state index is 9.73. The van der Waals surface area contributed by atoms with Crippen LogP contribution in [-0.4, -0.2) is 46.0 Å². The van der Waals surface area contributed by atoms with Gasteiger partial charge in [0.1, 0.15) is 6.07 Å². The Labute approximate surface area is 199 Å². The second kappa shape index (κ2) is 9.87. The lowest BCUT2D eigenvalue weighted by Crippen LogP contribution is -2.43. The van der Waals surface area contributed by atoms with Crippen molar-refractivity contribution < 1.29 is 0 Å². The molecule has 0 spiro atoms. The second-order valence-corrected chi connectivity index (χ2v) is 8.48. The highest BCUT2D eigenvalue weighted by molar-refractivity contribution is 5.90. The number of nitrogens with one attached hydrogen (secondary N) is 3. The van der Waals surface area contributed by atoms with E-state index in [0.29, 0.717) is 5.56 Å². The number of hydrogen-bond acceptors (Lipinski definition) is 6. The minimum absolute atomic E-state index is 0.496. The minimum atomic E-state index is 0.496. The number of aromatic amines is 1. The average molecular weight is 450 g/mol. The molecule has 1 fully saturated rings. The molecule has 0 radical (unpaired) electrons. The van der Waals surface area contributed by atoms with E-state index in [2.05, 4.69) is 50.6 Å². The summed E-state index contributed by atoms with van der Waals surface area (Å²) < 4.78 is 0. The number of nitriles is 1. The van der Waals surface area contributed by atoms with Gasteiger partial charge >= 0.3 is 0 Å². The molecule has 34 heavy (non-hydrogen) atoms. The lowest BCUT2D eigenvalue weighted by atomic mass is 10.1. The molecule has 1 aliphatic heterocycles. The van der Waals surface area contributed by atoms with Crippen LogP contribution in [0.4, 0.5) is 11.4 Å². The summed E-state index contributed by atoms with van der Waals surface area (Å²) in [5, 5.41) is 17.7. The zero-order chi connectivity index (χ0) is 23.3. The van der Waals surface area contributed by atoms with Gasteiger partial charge in [-0.2, -0.15) is 5.26 Å². The summed E-state index contributed by atoms with van der Waals surface area (Å²) in [6.45, 7) is 7.05. The second-order valence-electron chi connectivity index (χ2n) is 8.48. The maximum Gasteiger partial charge on any atom is 0.103 e. The molecule has 4 heterocycles. The van der Waals surface area contributed by atoms with Crippen molar-refractivity contribution in [2.75, 3.05) is 31.5 Å². The van der Waals surface area contributed by atoms with Gasteiger partial charge in [-0.15, -0.1) is 0 Å². The molecular weight excluding hydrogens is 422 g/mol. The molecule has 0 atom stereocenters. The molecule has 1 aliphatic rings. The lowest BCUT2D eigenvalue weighted by Gasteiger charge is -2.26. The van der Waals surface area contributed by atoms with Crippen LogP contribution in [0.3, 0.4) is 0 Å². The standard InChI is InChI=1S/C27H27N7/c1-19-24-9-10-31-26(24)8-7-25(19)33-27-20(16-30-17-21(27)15-28)5-6-22-3-2-4-23(32-22)18-34-13-11-29-12-14-34/h2-10,16-17,29,31H,11-14,18H2,1H3,(H,30,33). The maximum atomic E-state index is 9.73. The first kappa shape index (κ1) is 21.8. The molecule has 7 nitrogen and oxygen atoms in total. The van der Waals surface area contributed by atoms with Gasteiger partial charge in [0, 0.05) is 73.5 Å². The van der Waals surface area contributed by atoms with Gasteiger partial charge in [-0.05, 0) is 55.0 Å². The molecule has 7 heteroatoms. The summed E-state index contributed by atoms with van der Waals surface area (Å²) in [5.41, 5.74) is 7.18. The number of rotatable bonds is 6. The molecule has 5 rings (SSSR count). The number of nitrogens with zero attached hydrogens (tertiary/aromatic N) is 4. The highest BCUT2D eigenvalue weighted by Gasteiger charge is 2.12. The van der Waals surface area contributed by atoms with Crippen molar-refractivity contribution in [1.29, 1.82) is 5.26 Å². The molecule has 0 unspecified atom stereocenters. The van der Waals surface area contributed by atoms with Crippen LogP contribution >= 0.6 is 0 Å². The smallest absolute Gasteiger partial charge is 0.103 e. The number of anilines is 2. The predicted molar refractivity (Wildman–Crippen MR) is 137 cm³/mol. The van der Waals surface area contributed by atoms with Crippen LogP contribution in [0.25, 0.3) is 23.1 Å². The van der Waals surface area contributed by atoms with Gasteiger partial charge in [0.05, 0.1) is 22.6 Å². The van der Waals surface area contributed by atoms with Crippen molar-refractivity contribution in [2.24, 2.45) is 0 Å². The van der Waals surface area contributed by atoms with Gasteiger partial charge in [-0.1, -0.05) is 6.07 Å². The summed E-state index contributed by atoms with van der Waals surface area (Å²) in [4.78, 5) is 14.8. The van der Waals surface area contributed by atoms with Crippen molar-refractivity contribution in [3.63, 3.8) is 0 Å². The Bertz CT molecular complexity index is 1370. The van der Waals surface area contributed by atoms with Crippen LogP contribution < -0.4 is 10.6 Å². The number of piperazine rings is 1. The van der Waals surface area contributed by atoms with Gasteiger partial charge in [0.25, 0.3) is 0 Å². The third-order valence-electron chi connectivity index (χ3n) is 6.22. The van der Waals surface area contributed by atoms with E-state index in [1.165, 1.54) is 0 Å². The molecule has 170 valence electrons. The highest BCUT2D eigenvalue weighted by Crippen LogP contribution is 2.31. The normalized spacial score (nSPS) is 14.5. The summed E-state index contributed by atoms with van der Waals surface area (Å²) in [5.74, 6) is 0. The number of fused-ring (bicyclic) bond motifs is 1. The summed E-state index contributed by atoms with van der Waals surface area (Å²) in [7, 11) is 0. The number of aryl methyl sites for hydroxylation is 1. The zero-order valence-corrected chi connectivity index (χ0v) is 19.2. The van der Waals surface area contributed by atoms with Crippen LogP contribution in [0.2, 0.25) is 0 Å². The zero-order valence-electron chi connectivity index (χ0n) is 19.2. The fraction of sp³-hybridized carbons (Fsp3) is 0.222. The average Bonchev–Trinajstić information content (AvgIpc) is 3.35. The Balaban J connectivity index is 1.41. The van der Waals surface area contributed by atoms with Crippen LogP contribution in [-0.2, 0) is 6.54 Å². The molecule has 0 saturated carbocycles. The Kier molecular flexibility index (Phi) is 6.34.